The van der Waals surface area contributed by atoms with Crippen LogP contribution >= 0.6 is 11.6 Å². The molecule has 90 valence electrons. The summed E-state index contributed by atoms with van der Waals surface area (Å²) in [7, 11) is 0. The van der Waals surface area contributed by atoms with Crippen molar-refractivity contribution in [3.63, 3.8) is 0 Å². The molecule has 1 aromatic carbocycles. The molecule has 0 aliphatic rings. The fourth-order valence-corrected chi connectivity index (χ4v) is 1.27. The van der Waals surface area contributed by atoms with E-state index in [4.69, 9.17) is 11.6 Å². The van der Waals surface area contributed by atoms with Gasteiger partial charge in [-0.2, -0.15) is 0 Å². The van der Waals surface area contributed by atoms with Gasteiger partial charge in [-0.25, -0.2) is 4.79 Å². The van der Waals surface area contributed by atoms with E-state index in [1.165, 1.54) is 18.2 Å². The fraction of sp³-hybridized carbons (Fsp3) is 0.100. The topological polar surface area (TPSA) is 84.3 Å². The summed E-state index contributed by atoms with van der Waals surface area (Å²) in [6.07, 6.45) is 0. The van der Waals surface area contributed by atoms with E-state index in [0.29, 0.717) is 5.70 Å². The molecule has 0 spiro atoms. The van der Waals surface area contributed by atoms with Crippen molar-refractivity contribution >= 4 is 29.0 Å². The number of carbonyl (C=O) groups excluding carboxylic acids is 1. The summed E-state index contributed by atoms with van der Waals surface area (Å²) in [6, 6.07) is 3.47. The second kappa shape index (κ2) is 5.31. The van der Waals surface area contributed by atoms with Gasteiger partial charge in [-0.15, -0.1) is 0 Å². The number of carbonyl (C=O) groups is 1. The SMILES string of the molecule is C=C(C)NC(=O)Nc1ccc(Cl)c([N+](=O)[O-])c1. The molecule has 1 aromatic rings. The number of nitro benzene ring substituents is 1. The highest BCUT2D eigenvalue weighted by molar-refractivity contribution is 6.32. The van der Waals surface area contributed by atoms with Gasteiger partial charge in [-0.1, -0.05) is 18.2 Å². The van der Waals surface area contributed by atoms with Gasteiger partial charge < -0.3 is 10.6 Å². The van der Waals surface area contributed by atoms with E-state index >= 15 is 0 Å². The minimum Gasteiger partial charge on any atom is -0.312 e. The lowest BCUT2D eigenvalue weighted by molar-refractivity contribution is -0.384. The van der Waals surface area contributed by atoms with Crippen molar-refractivity contribution < 1.29 is 9.72 Å². The van der Waals surface area contributed by atoms with Crippen LogP contribution in [0.2, 0.25) is 5.02 Å². The minimum atomic E-state index is -0.621. The van der Waals surface area contributed by atoms with E-state index in [-0.39, 0.29) is 16.4 Å². The first kappa shape index (κ1) is 13.0. The van der Waals surface area contributed by atoms with Gasteiger partial charge in [0.2, 0.25) is 0 Å². The van der Waals surface area contributed by atoms with Gasteiger partial charge in [0.05, 0.1) is 4.92 Å². The van der Waals surface area contributed by atoms with Crippen LogP contribution in [-0.4, -0.2) is 11.0 Å². The molecule has 0 fully saturated rings. The van der Waals surface area contributed by atoms with E-state index in [2.05, 4.69) is 17.2 Å². The summed E-state index contributed by atoms with van der Waals surface area (Å²) >= 11 is 5.63. The number of nitrogens with zero attached hydrogens (tertiary/aromatic N) is 1. The van der Waals surface area contributed by atoms with E-state index in [1.807, 2.05) is 0 Å². The Morgan fingerprint density at radius 2 is 2.18 bits per heavy atom. The molecule has 2 N–H and O–H groups in total. The number of rotatable bonds is 3. The van der Waals surface area contributed by atoms with Gasteiger partial charge in [0, 0.05) is 17.5 Å². The minimum absolute atomic E-state index is 0.0147. The number of anilines is 1. The second-order valence-corrected chi connectivity index (χ2v) is 3.69. The third kappa shape index (κ3) is 3.76. The van der Waals surface area contributed by atoms with Gasteiger partial charge in [-0.05, 0) is 19.1 Å². The van der Waals surface area contributed by atoms with Gasteiger partial charge in [0.25, 0.3) is 5.69 Å². The molecule has 2 amide bonds. The highest BCUT2D eigenvalue weighted by atomic mass is 35.5. The van der Waals surface area contributed by atoms with E-state index < -0.39 is 11.0 Å². The van der Waals surface area contributed by atoms with Crippen LogP contribution in [0.1, 0.15) is 6.92 Å². The zero-order chi connectivity index (χ0) is 13.0. The zero-order valence-electron chi connectivity index (χ0n) is 8.99. The Kier molecular flexibility index (Phi) is 4.06. The normalized spacial score (nSPS) is 9.53. The lowest BCUT2D eigenvalue weighted by Crippen LogP contribution is -2.26. The third-order valence-corrected chi connectivity index (χ3v) is 2.05. The van der Waals surface area contributed by atoms with Crippen LogP contribution in [0.25, 0.3) is 0 Å². The van der Waals surface area contributed by atoms with E-state index in [9.17, 15) is 14.9 Å². The average molecular weight is 256 g/mol. The maximum Gasteiger partial charge on any atom is 0.323 e. The van der Waals surface area contributed by atoms with Crippen molar-refractivity contribution in [3.8, 4) is 0 Å². The molecule has 0 saturated heterocycles. The van der Waals surface area contributed by atoms with Crippen LogP contribution in [-0.2, 0) is 0 Å². The number of nitrogens with one attached hydrogen (secondary N) is 2. The number of benzene rings is 1. The summed E-state index contributed by atoms with van der Waals surface area (Å²) in [5.74, 6) is 0. The van der Waals surface area contributed by atoms with Gasteiger partial charge in [0.1, 0.15) is 5.02 Å². The summed E-state index contributed by atoms with van der Waals surface area (Å²) in [4.78, 5) is 21.3. The molecule has 0 aromatic heterocycles. The van der Waals surface area contributed by atoms with E-state index in [1.54, 1.807) is 6.92 Å². The number of halogens is 1. The number of urea groups is 1. The number of hydrogen-bond acceptors (Lipinski definition) is 3. The molecular formula is C10H10ClN3O3. The Labute approximate surface area is 102 Å². The molecule has 0 radical (unpaired) electrons. The van der Waals surface area contributed by atoms with E-state index in [0.717, 1.165) is 0 Å². The summed E-state index contributed by atoms with van der Waals surface area (Å²) in [6.45, 7) is 5.11. The maximum absolute atomic E-state index is 11.3. The summed E-state index contributed by atoms with van der Waals surface area (Å²) < 4.78 is 0. The fourth-order valence-electron chi connectivity index (χ4n) is 1.09. The molecule has 0 unspecified atom stereocenters. The Morgan fingerprint density at radius 3 is 2.71 bits per heavy atom. The van der Waals surface area contributed by atoms with Crippen LogP contribution in [0.3, 0.4) is 0 Å². The van der Waals surface area contributed by atoms with Crippen LogP contribution in [0.4, 0.5) is 16.2 Å². The predicted octanol–water partition coefficient (Wildman–Crippen LogP) is 2.90. The molecular weight excluding hydrogens is 246 g/mol. The first-order valence-electron chi connectivity index (χ1n) is 4.57. The van der Waals surface area contributed by atoms with Crippen molar-refractivity contribution in [2.75, 3.05) is 5.32 Å². The highest BCUT2D eigenvalue weighted by Gasteiger charge is 2.13. The van der Waals surface area contributed by atoms with Crippen LogP contribution in [0.5, 0.6) is 0 Å². The van der Waals surface area contributed by atoms with Crippen molar-refractivity contribution in [3.05, 3.63) is 45.6 Å². The largest absolute Gasteiger partial charge is 0.323 e. The highest BCUT2D eigenvalue weighted by Crippen LogP contribution is 2.27. The maximum atomic E-state index is 11.3. The smallest absolute Gasteiger partial charge is 0.312 e. The molecule has 17 heavy (non-hydrogen) atoms. The molecule has 6 nitrogen and oxygen atoms in total. The summed E-state index contributed by atoms with van der Waals surface area (Å²) in [5.41, 5.74) is 0.477. The zero-order valence-corrected chi connectivity index (χ0v) is 9.75. The first-order chi connectivity index (χ1) is 7.90. The van der Waals surface area contributed by atoms with Crippen molar-refractivity contribution in [2.24, 2.45) is 0 Å². The second-order valence-electron chi connectivity index (χ2n) is 3.28. The quantitative estimate of drug-likeness (QED) is 0.643. The molecule has 0 saturated carbocycles. The molecule has 0 bridgehead atoms. The molecule has 0 atom stereocenters. The monoisotopic (exact) mass is 255 g/mol. The molecule has 0 aliphatic heterocycles. The number of nitro groups is 1. The van der Waals surface area contributed by atoms with Crippen molar-refractivity contribution in [1.82, 2.24) is 5.32 Å². The Morgan fingerprint density at radius 1 is 1.53 bits per heavy atom. The molecule has 1 rings (SSSR count). The van der Waals surface area contributed by atoms with Crippen molar-refractivity contribution in [1.29, 1.82) is 0 Å². The third-order valence-electron chi connectivity index (χ3n) is 1.73. The Bertz CT molecular complexity index is 488. The van der Waals surface area contributed by atoms with Gasteiger partial charge >= 0.3 is 6.03 Å². The Hall–Kier alpha value is -2.08. The predicted molar refractivity (Wildman–Crippen MR) is 65.1 cm³/mol. The van der Waals surface area contributed by atoms with Gasteiger partial charge in [-0.3, -0.25) is 10.1 Å². The Balaban J connectivity index is 2.86. The summed E-state index contributed by atoms with van der Waals surface area (Å²) in [5, 5.41) is 15.5. The molecule has 7 heteroatoms. The van der Waals surface area contributed by atoms with Crippen LogP contribution in [0.15, 0.2) is 30.5 Å². The standard InChI is InChI=1S/C10H10ClN3O3/c1-6(2)12-10(15)13-7-3-4-8(11)9(5-7)14(16)17/h3-5H,1H2,2H3,(H2,12,13,15). The lowest BCUT2D eigenvalue weighted by atomic mass is 10.3. The molecule has 0 heterocycles. The van der Waals surface area contributed by atoms with Crippen LogP contribution in [0, 0.1) is 10.1 Å². The number of hydrogen-bond donors (Lipinski definition) is 2. The van der Waals surface area contributed by atoms with Gasteiger partial charge in [0.15, 0.2) is 0 Å². The van der Waals surface area contributed by atoms with Crippen LogP contribution < -0.4 is 10.6 Å². The lowest BCUT2D eigenvalue weighted by Gasteiger charge is -2.06. The number of amides is 2. The number of allylic oxidation sites excluding steroid dienone is 1. The average Bonchev–Trinajstić information content (AvgIpc) is 2.19. The first-order valence-corrected chi connectivity index (χ1v) is 4.95. The van der Waals surface area contributed by atoms with Crippen molar-refractivity contribution in [2.45, 2.75) is 6.92 Å². The molecule has 0 aliphatic carbocycles.